The largest absolute Gasteiger partial charge is 0.268 e. The standard InChI is InChI=1S/C4H4ClN2/c5-4-1-6-3-7-2-4/h1-2H,3H2. The van der Waals surface area contributed by atoms with Crippen LogP contribution in [0.4, 0.5) is 0 Å². The molecule has 0 aromatic rings. The SMILES string of the molecule is ClC1=C[N]CN=C1. The molecule has 2 nitrogen and oxygen atoms in total. The Morgan fingerprint density at radius 3 is 2.86 bits per heavy atom. The second-order valence-corrected chi connectivity index (χ2v) is 1.59. The highest BCUT2D eigenvalue weighted by molar-refractivity contribution is 6.39. The molecule has 0 spiro atoms. The summed E-state index contributed by atoms with van der Waals surface area (Å²) >= 11 is 5.43. The molecule has 0 atom stereocenters. The lowest BCUT2D eigenvalue weighted by atomic mass is 10.6. The Balaban J connectivity index is 2.58. The summed E-state index contributed by atoms with van der Waals surface area (Å²) in [6.07, 6.45) is 3.18. The van der Waals surface area contributed by atoms with Gasteiger partial charge in [-0.15, -0.1) is 0 Å². The van der Waals surface area contributed by atoms with Gasteiger partial charge >= 0.3 is 0 Å². The van der Waals surface area contributed by atoms with Gasteiger partial charge in [0.2, 0.25) is 0 Å². The van der Waals surface area contributed by atoms with E-state index in [1.54, 1.807) is 12.4 Å². The summed E-state index contributed by atoms with van der Waals surface area (Å²) in [6, 6.07) is 0. The second-order valence-electron chi connectivity index (χ2n) is 1.15. The normalized spacial score (nSPS) is 18.1. The third-order valence-electron chi connectivity index (χ3n) is 0.593. The van der Waals surface area contributed by atoms with E-state index in [0.29, 0.717) is 11.7 Å². The molecule has 0 amide bonds. The maximum atomic E-state index is 5.43. The number of hydrogen-bond donors (Lipinski definition) is 0. The van der Waals surface area contributed by atoms with E-state index in [-0.39, 0.29) is 0 Å². The fourth-order valence-corrected chi connectivity index (χ4v) is 0.475. The van der Waals surface area contributed by atoms with Gasteiger partial charge in [-0.1, -0.05) is 11.6 Å². The third kappa shape index (κ3) is 1.20. The van der Waals surface area contributed by atoms with Gasteiger partial charge in [-0.25, -0.2) is 0 Å². The summed E-state index contributed by atoms with van der Waals surface area (Å²) in [5.41, 5.74) is 0. The van der Waals surface area contributed by atoms with Crippen LogP contribution in [0.5, 0.6) is 0 Å². The predicted molar refractivity (Wildman–Crippen MR) is 29.4 cm³/mol. The molecule has 1 rings (SSSR count). The van der Waals surface area contributed by atoms with Crippen molar-refractivity contribution in [2.75, 3.05) is 6.67 Å². The Bertz CT molecular complexity index is 117. The lowest BCUT2D eigenvalue weighted by Crippen LogP contribution is -2.01. The van der Waals surface area contributed by atoms with E-state index in [1.165, 1.54) is 0 Å². The van der Waals surface area contributed by atoms with Crippen LogP contribution in [0.15, 0.2) is 16.2 Å². The summed E-state index contributed by atoms with van der Waals surface area (Å²) < 4.78 is 0. The minimum Gasteiger partial charge on any atom is -0.268 e. The highest BCUT2D eigenvalue weighted by atomic mass is 35.5. The molecule has 0 fully saturated rings. The molecule has 7 heavy (non-hydrogen) atoms. The molecule has 0 bridgehead atoms. The average Bonchev–Trinajstić information content (AvgIpc) is 1.69. The third-order valence-corrected chi connectivity index (χ3v) is 0.788. The van der Waals surface area contributed by atoms with Crippen molar-refractivity contribution in [2.24, 2.45) is 4.99 Å². The van der Waals surface area contributed by atoms with Crippen molar-refractivity contribution in [3.05, 3.63) is 11.2 Å². The van der Waals surface area contributed by atoms with Gasteiger partial charge in [0.05, 0.1) is 5.03 Å². The van der Waals surface area contributed by atoms with E-state index in [9.17, 15) is 0 Å². The van der Waals surface area contributed by atoms with E-state index < -0.39 is 0 Å². The molecule has 0 aliphatic carbocycles. The van der Waals surface area contributed by atoms with Crippen LogP contribution in [0, 0.1) is 0 Å². The summed E-state index contributed by atoms with van der Waals surface area (Å²) in [5.74, 6) is 0. The van der Waals surface area contributed by atoms with Crippen LogP contribution in [0.1, 0.15) is 0 Å². The first kappa shape index (κ1) is 4.65. The molecule has 0 aromatic carbocycles. The molecule has 1 aliphatic rings. The molecule has 0 saturated heterocycles. The number of aliphatic imine (C=N–C) groups is 1. The molecule has 37 valence electrons. The number of rotatable bonds is 0. The van der Waals surface area contributed by atoms with Gasteiger partial charge in [0.1, 0.15) is 6.67 Å². The number of allylic oxidation sites excluding steroid dienone is 1. The fraction of sp³-hybridized carbons (Fsp3) is 0.250. The fourth-order valence-electron chi connectivity index (χ4n) is 0.337. The van der Waals surface area contributed by atoms with Crippen LogP contribution in [0.3, 0.4) is 0 Å². The van der Waals surface area contributed by atoms with Crippen LogP contribution >= 0.6 is 11.6 Å². The zero-order valence-corrected chi connectivity index (χ0v) is 4.39. The van der Waals surface area contributed by atoms with Crippen LogP contribution in [-0.2, 0) is 0 Å². The molecule has 3 heteroatoms. The van der Waals surface area contributed by atoms with Crippen LogP contribution in [0.2, 0.25) is 0 Å². The van der Waals surface area contributed by atoms with Crippen molar-refractivity contribution in [3.8, 4) is 0 Å². The highest BCUT2D eigenvalue weighted by Crippen LogP contribution is 1.97. The molecule has 0 unspecified atom stereocenters. The monoisotopic (exact) mass is 115 g/mol. The quantitative estimate of drug-likeness (QED) is 0.445. The van der Waals surface area contributed by atoms with Crippen molar-refractivity contribution in [1.82, 2.24) is 5.32 Å². The van der Waals surface area contributed by atoms with Crippen molar-refractivity contribution in [3.63, 3.8) is 0 Å². The lowest BCUT2D eigenvalue weighted by Gasteiger charge is -1.95. The minimum atomic E-state index is 0.524. The van der Waals surface area contributed by atoms with Gasteiger partial charge in [-0.05, 0) is 0 Å². The summed E-state index contributed by atoms with van der Waals surface area (Å²) in [5, 5.41) is 4.37. The lowest BCUT2D eigenvalue weighted by molar-refractivity contribution is 0.860. The Morgan fingerprint density at radius 1 is 1.71 bits per heavy atom. The summed E-state index contributed by atoms with van der Waals surface area (Å²) in [4.78, 5) is 3.77. The van der Waals surface area contributed by atoms with Crippen molar-refractivity contribution in [1.29, 1.82) is 0 Å². The van der Waals surface area contributed by atoms with E-state index in [0.717, 1.165) is 0 Å². The minimum absolute atomic E-state index is 0.524. The van der Waals surface area contributed by atoms with E-state index in [2.05, 4.69) is 10.3 Å². The van der Waals surface area contributed by atoms with Gasteiger partial charge in [0, 0.05) is 12.4 Å². The molecule has 1 radical (unpaired) electrons. The Labute approximate surface area is 46.9 Å². The average molecular weight is 116 g/mol. The van der Waals surface area contributed by atoms with Crippen LogP contribution in [-0.4, -0.2) is 12.9 Å². The maximum absolute atomic E-state index is 5.43. The first-order valence-electron chi connectivity index (χ1n) is 1.92. The molecule has 0 saturated carbocycles. The van der Waals surface area contributed by atoms with Crippen molar-refractivity contribution in [2.45, 2.75) is 0 Å². The highest BCUT2D eigenvalue weighted by Gasteiger charge is 1.89. The van der Waals surface area contributed by atoms with Crippen molar-refractivity contribution >= 4 is 17.8 Å². The van der Waals surface area contributed by atoms with Gasteiger partial charge in [-0.2, -0.15) is 0 Å². The molecule has 0 N–H and O–H groups in total. The van der Waals surface area contributed by atoms with Gasteiger partial charge < -0.3 is 0 Å². The van der Waals surface area contributed by atoms with E-state index in [1.807, 2.05) is 0 Å². The Kier molecular flexibility index (Phi) is 1.32. The molecule has 0 aromatic heterocycles. The van der Waals surface area contributed by atoms with Gasteiger partial charge in [0.15, 0.2) is 0 Å². The molecule has 1 heterocycles. The maximum Gasteiger partial charge on any atom is 0.129 e. The molecular weight excluding hydrogens is 112 g/mol. The van der Waals surface area contributed by atoms with Crippen molar-refractivity contribution < 1.29 is 0 Å². The molecular formula is C4H4ClN2. The molecule has 1 aliphatic heterocycles. The van der Waals surface area contributed by atoms with E-state index in [4.69, 9.17) is 11.6 Å². The van der Waals surface area contributed by atoms with Crippen LogP contribution in [0.25, 0.3) is 0 Å². The summed E-state index contributed by atoms with van der Waals surface area (Å²) in [7, 11) is 0. The predicted octanol–water partition coefficient (Wildman–Crippen LogP) is 0.713. The number of hydrogen-bond acceptors (Lipinski definition) is 1. The van der Waals surface area contributed by atoms with Crippen LogP contribution < -0.4 is 5.32 Å². The number of nitrogens with zero attached hydrogens (tertiary/aromatic N) is 2. The Hall–Kier alpha value is -0.500. The van der Waals surface area contributed by atoms with Gasteiger partial charge in [0.25, 0.3) is 0 Å². The topological polar surface area (TPSA) is 26.5 Å². The first-order chi connectivity index (χ1) is 3.39. The Morgan fingerprint density at radius 2 is 2.57 bits per heavy atom. The van der Waals surface area contributed by atoms with E-state index >= 15 is 0 Å². The smallest absolute Gasteiger partial charge is 0.129 e. The first-order valence-corrected chi connectivity index (χ1v) is 2.29. The number of halogens is 1. The second kappa shape index (κ2) is 1.98. The summed E-state index contributed by atoms with van der Waals surface area (Å²) in [6.45, 7) is 0.524. The zero-order valence-electron chi connectivity index (χ0n) is 3.63. The van der Waals surface area contributed by atoms with Gasteiger partial charge in [-0.3, -0.25) is 10.3 Å². The zero-order chi connectivity index (χ0) is 5.11.